The number of carbonyl (C=O) groups excluding carboxylic acids is 1. The van der Waals surface area contributed by atoms with Crippen molar-refractivity contribution in [3.05, 3.63) is 59.8 Å². The lowest BCUT2D eigenvalue weighted by atomic mass is 10.2. The van der Waals surface area contributed by atoms with E-state index in [0.717, 1.165) is 16.6 Å². The second-order valence-electron chi connectivity index (χ2n) is 5.98. The number of para-hydroxylation sites is 1. The van der Waals surface area contributed by atoms with Gasteiger partial charge in [0.25, 0.3) is 0 Å². The molecule has 2 aromatic carbocycles. The number of aryl methyl sites for hydroxylation is 2. The first-order valence-electron chi connectivity index (χ1n) is 7.95. The summed E-state index contributed by atoms with van der Waals surface area (Å²) in [6, 6.07) is 13.3. The van der Waals surface area contributed by atoms with E-state index in [0.29, 0.717) is 11.2 Å². The smallest absolute Gasteiger partial charge is 0.339 e. The van der Waals surface area contributed by atoms with E-state index in [2.05, 4.69) is 10.3 Å². The van der Waals surface area contributed by atoms with Crippen molar-refractivity contribution in [2.75, 3.05) is 5.32 Å². The quantitative estimate of drug-likeness (QED) is 0.710. The largest absolute Gasteiger partial charge is 0.377 e. The Morgan fingerprint density at radius 2 is 1.85 bits per heavy atom. The van der Waals surface area contributed by atoms with Crippen LogP contribution in [0.5, 0.6) is 5.75 Å². The molecule has 0 fully saturated rings. The Balaban J connectivity index is 2.02. The molecule has 1 heterocycles. The lowest BCUT2D eigenvalue weighted by Crippen LogP contribution is -2.12. The maximum absolute atomic E-state index is 12.7. The molecule has 0 saturated carbocycles. The summed E-state index contributed by atoms with van der Waals surface area (Å²) in [5.41, 5.74) is 2.41. The number of rotatable bonds is 4. The summed E-state index contributed by atoms with van der Waals surface area (Å²) < 4.78 is 30.8. The predicted octanol–water partition coefficient (Wildman–Crippen LogP) is 3.58. The summed E-state index contributed by atoms with van der Waals surface area (Å²) in [4.78, 5) is 15.6. The molecule has 0 bridgehead atoms. The van der Waals surface area contributed by atoms with Crippen LogP contribution in [0.3, 0.4) is 0 Å². The van der Waals surface area contributed by atoms with Crippen molar-refractivity contribution < 1.29 is 17.4 Å². The summed E-state index contributed by atoms with van der Waals surface area (Å²) in [5.74, 6) is -0.120. The van der Waals surface area contributed by atoms with Gasteiger partial charge >= 0.3 is 10.1 Å². The zero-order chi connectivity index (χ0) is 18.9. The van der Waals surface area contributed by atoms with Gasteiger partial charge in [0, 0.05) is 23.7 Å². The first-order valence-corrected chi connectivity index (χ1v) is 9.36. The number of benzene rings is 2. The zero-order valence-electron chi connectivity index (χ0n) is 14.6. The van der Waals surface area contributed by atoms with Crippen molar-refractivity contribution >= 4 is 32.6 Å². The maximum Gasteiger partial charge on any atom is 0.339 e. The van der Waals surface area contributed by atoms with Crippen molar-refractivity contribution in [3.63, 3.8) is 0 Å². The van der Waals surface area contributed by atoms with Gasteiger partial charge in [0.2, 0.25) is 5.91 Å². The molecule has 0 unspecified atom stereocenters. The van der Waals surface area contributed by atoms with E-state index in [4.69, 9.17) is 4.18 Å². The lowest BCUT2D eigenvalue weighted by Gasteiger charge is -2.12. The minimum absolute atomic E-state index is 0.0449. The number of carbonyl (C=O) groups is 1. The van der Waals surface area contributed by atoms with Crippen LogP contribution >= 0.6 is 0 Å². The summed E-state index contributed by atoms with van der Waals surface area (Å²) in [5, 5.41) is 3.40. The summed E-state index contributed by atoms with van der Waals surface area (Å²) >= 11 is 0. The number of nitrogens with zero attached hydrogens (tertiary/aromatic N) is 1. The Morgan fingerprint density at radius 3 is 2.58 bits per heavy atom. The molecule has 0 aliphatic rings. The van der Waals surface area contributed by atoms with Gasteiger partial charge in [-0.1, -0.05) is 24.3 Å². The fraction of sp³-hybridized carbons (Fsp3) is 0.158. The van der Waals surface area contributed by atoms with Gasteiger partial charge in [0.1, 0.15) is 10.4 Å². The molecule has 1 aromatic heterocycles. The molecule has 0 radical (unpaired) electrons. The molecule has 26 heavy (non-hydrogen) atoms. The normalized spacial score (nSPS) is 11.3. The first kappa shape index (κ1) is 17.9. The molecule has 0 atom stereocenters. The molecule has 0 aliphatic heterocycles. The van der Waals surface area contributed by atoms with Crippen LogP contribution in [0.1, 0.15) is 18.2 Å². The van der Waals surface area contributed by atoms with E-state index in [1.165, 1.54) is 19.1 Å². The average Bonchev–Trinajstić information content (AvgIpc) is 2.56. The lowest BCUT2D eigenvalue weighted by molar-refractivity contribution is -0.114. The summed E-state index contributed by atoms with van der Waals surface area (Å²) in [6.07, 6.45) is 0. The highest BCUT2D eigenvalue weighted by Gasteiger charge is 2.20. The third-order valence-electron chi connectivity index (χ3n) is 3.83. The van der Waals surface area contributed by atoms with E-state index in [1.54, 1.807) is 25.1 Å². The monoisotopic (exact) mass is 370 g/mol. The van der Waals surface area contributed by atoms with E-state index in [1.807, 2.05) is 25.1 Å². The standard InChI is InChI=1S/C19H18N2O4S/c1-12-7-10-16(11-17(12)21-14(3)22)26(23,24)25-18-6-4-5-15-9-8-13(2)20-19(15)18/h4-11H,1-3H3,(H,21,22). The topological polar surface area (TPSA) is 85.4 Å². The number of hydrogen-bond acceptors (Lipinski definition) is 5. The third kappa shape index (κ3) is 3.67. The van der Waals surface area contributed by atoms with E-state index < -0.39 is 10.1 Å². The highest BCUT2D eigenvalue weighted by atomic mass is 32.2. The molecular weight excluding hydrogens is 352 g/mol. The average molecular weight is 370 g/mol. The molecule has 134 valence electrons. The van der Waals surface area contributed by atoms with Crippen molar-refractivity contribution in [3.8, 4) is 5.75 Å². The fourth-order valence-electron chi connectivity index (χ4n) is 2.53. The molecule has 0 saturated heterocycles. The number of hydrogen-bond donors (Lipinski definition) is 1. The number of anilines is 1. The van der Waals surface area contributed by atoms with Crippen LogP contribution in [0, 0.1) is 13.8 Å². The van der Waals surface area contributed by atoms with Crippen LogP contribution in [-0.2, 0) is 14.9 Å². The second kappa shape index (κ2) is 6.76. The van der Waals surface area contributed by atoms with E-state index in [9.17, 15) is 13.2 Å². The van der Waals surface area contributed by atoms with Crippen LogP contribution in [0.25, 0.3) is 10.9 Å². The zero-order valence-corrected chi connectivity index (χ0v) is 15.4. The Labute approximate surface area is 152 Å². The highest BCUT2D eigenvalue weighted by molar-refractivity contribution is 7.87. The summed E-state index contributed by atoms with van der Waals surface area (Å²) in [7, 11) is -4.08. The number of aromatic nitrogens is 1. The van der Waals surface area contributed by atoms with Crippen molar-refractivity contribution in [2.24, 2.45) is 0 Å². The van der Waals surface area contributed by atoms with Gasteiger partial charge < -0.3 is 9.50 Å². The highest BCUT2D eigenvalue weighted by Crippen LogP contribution is 2.28. The van der Waals surface area contributed by atoms with Crippen LogP contribution in [0.15, 0.2) is 53.4 Å². The molecule has 1 amide bonds. The van der Waals surface area contributed by atoms with Crippen molar-refractivity contribution in [1.82, 2.24) is 4.98 Å². The van der Waals surface area contributed by atoms with Gasteiger partial charge in [-0.15, -0.1) is 0 Å². The van der Waals surface area contributed by atoms with Gasteiger partial charge in [-0.2, -0.15) is 8.42 Å². The predicted molar refractivity (Wildman–Crippen MR) is 99.8 cm³/mol. The Kier molecular flexibility index (Phi) is 4.65. The Morgan fingerprint density at radius 1 is 1.08 bits per heavy atom. The van der Waals surface area contributed by atoms with Gasteiger partial charge in [0.15, 0.2) is 5.75 Å². The van der Waals surface area contributed by atoms with Crippen LogP contribution in [-0.4, -0.2) is 19.3 Å². The van der Waals surface area contributed by atoms with Gasteiger partial charge in [0.05, 0.1) is 0 Å². The minimum Gasteiger partial charge on any atom is -0.377 e. The van der Waals surface area contributed by atoms with Crippen LogP contribution in [0.2, 0.25) is 0 Å². The number of amides is 1. The molecule has 7 heteroatoms. The van der Waals surface area contributed by atoms with Crippen LogP contribution < -0.4 is 9.50 Å². The van der Waals surface area contributed by atoms with Gasteiger partial charge in [-0.25, -0.2) is 4.98 Å². The Hall–Kier alpha value is -2.93. The number of nitrogens with one attached hydrogen (secondary N) is 1. The van der Waals surface area contributed by atoms with Gasteiger partial charge in [-0.3, -0.25) is 4.79 Å². The molecular formula is C19H18N2O4S. The van der Waals surface area contributed by atoms with Crippen molar-refractivity contribution in [2.45, 2.75) is 25.7 Å². The summed E-state index contributed by atoms with van der Waals surface area (Å²) in [6.45, 7) is 4.96. The molecule has 0 spiro atoms. The number of pyridine rings is 1. The number of fused-ring (bicyclic) bond motifs is 1. The molecule has 1 N–H and O–H groups in total. The van der Waals surface area contributed by atoms with E-state index >= 15 is 0 Å². The van der Waals surface area contributed by atoms with Crippen LogP contribution in [0.4, 0.5) is 5.69 Å². The SMILES string of the molecule is CC(=O)Nc1cc(S(=O)(=O)Oc2cccc3ccc(C)nc23)ccc1C. The molecule has 3 aromatic rings. The van der Waals surface area contributed by atoms with Crippen molar-refractivity contribution in [1.29, 1.82) is 0 Å². The Bertz CT molecular complexity index is 1110. The second-order valence-corrected chi connectivity index (χ2v) is 7.52. The molecule has 0 aliphatic carbocycles. The maximum atomic E-state index is 12.7. The first-order chi connectivity index (χ1) is 12.3. The van der Waals surface area contributed by atoms with Gasteiger partial charge in [-0.05, 0) is 43.7 Å². The van der Waals surface area contributed by atoms with E-state index in [-0.39, 0.29) is 16.6 Å². The fourth-order valence-corrected chi connectivity index (χ4v) is 3.50. The third-order valence-corrected chi connectivity index (χ3v) is 5.06. The minimum atomic E-state index is -4.08. The molecule has 6 nitrogen and oxygen atoms in total. The molecule has 3 rings (SSSR count).